The fourth-order valence-corrected chi connectivity index (χ4v) is 0.562. The zero-order valence-electron chi connectivity index (χ0n) is 4.64. The van der Waals surface area contributed by atoms with E-state index in [1.54, 1.807) is 6.20 Å². The van der Waals surface area contributed by atoms with E-state index < -0.39 is 0 Å². The van der Waals surface area contributed by atoms with Crippen molar-refractivity contribution in [1.29, 1.82) is 0 Å². The summed E-state index contributed by atoms with van der Waals surface area (Å²) in [7, 11) is 0. The first-order valence-electron chi connectivity index (χ1n) is 2.14. The first-order valence-corrected chi connectivity index (χ1v) is 9.89. The molecule has 0 aromatic carbocycles. The van der Waals surface area contributed by atoms with Crippen LogP contribution in [0, 0.1) is 6.20 Å². The van der Waals surface area contributed by atoms with E-state index in [-0.39, 0.29) is 0 Å². The molecule has 0 bridgehead atoms. The second kappa shape index (κ2) is 6.85. The minimum absolute atomic E-state index is 0.898. The van der Waals surface area contributed by atoms with Crippen LogP contribution in [-0.4, -0.2) is 4.98 Å². The number of aromatic nitrogens is 1. The summed E-state index contributed by atoms with van der Waals surface area (Å²) in [6.07, 6.45) is 4.38. The number of nitrogens with zero attached hydrogens (tertiary/aromatic N) is 1. The monoisotopic (exact) mass is 299 g/mol. The molecule has 0 atom stereocenters. The summed E-state index contributed by atoms with van der Waals surface area (Å²) in [5.41, 5.74) is 0. The van der Waals surface area contributed by atoms with Gasteiger partial charge in [-0.25, -0.2) is 0 Å². The van der Waals surface area contributed by atoms with Crippen molar-refractivity contribution >= 4 is 29.6 Å². The Labute approximate surface area is 79.4 Å². The van der Waals surface area contributed by atoms with E-state index in [1.165, 1.54) is 16.3 Å². The van der Waals surface area contributed by atoms with Gasteiger partial charge in [-0.2, -0.15) is 12.1 Å². The molecule has 0 aliphatic carbocycles. The van der Waals surface area contributed by atoms with Gasteiger partial charge in [0.15, 0.2) is 0 Å². The van der Waals surface area contributed by atoms with Crippen LogP contribution in [0.3, 0.4) is 0 Å². The minimum atomic E-state index is 0.898. The third-order valence-electron chi connectivity index (χ3n) is 0.575. The van der Waals surface area contributed by atoms with Gasteiger partial charge in [0.2, 0.25) is 0 Å². The van der Waals surface area contributed by atoms with Crippen molar-refractivity contribution in [3.05, 3.63) is 29.0 Å². The SMILES string of the molecule is Brc1[c-]nccc1.[Zn+][Br]. The first kappa shape index (κ1) is 9.73. The van der Waals surface area contributed by atoms with Crippen LogP contribution in [0.2, 0.25) is 0 Å². The Morgan fingerprint density at radius 3 is 2.44 bits per heavy atom. The topological polar surface area (TPSA) is 12.9 Å². The van der Waals surface area contributed by atoms with Crippen LogP contribution in [-0.2, 0) is 16.3 Å². The van der Waals surface area contributed by atoms with Crippen molar-refractivity contribution in [3.63, 3.8) is 0 Å². The Morgan fingerprint density at radius 1 is 1.56 bits per heavy atom. The van der Waals surface area contributed by atoms with Gasteiger partial charge < -0.3 is 4.98 Å². The molecular formula is C5H3Br2NZn. The molecule has 0 saturated carbocycles. The van der Waals surface area contributed by atoms with Crippen molar-refractivity contribution < 1.29 is 16.3 Å². The molecule has 0 aliphatic heterocycles. The van der Waals surface area contributed by atoms with E-state index in [0.717, 1.165) is 4.47 Å². The maximum atomic E-state index is 3.71. The second-order valence-electron chi connectivity index (χ2n) is 1.10. The summed E-state index contributed by atoms with van der Waals surface area (Å²) in [6.45, 7) is 0. The molecule has 0 aliphatic rings. The van der Waals surface area contributed by atoms with Crippen molar-refractivity contribution in [2.75, 3.05) is 0 Å². The van der Waals surface area contributed by atoms with Crippen LogP contribution in [0.15, 0.2) is 22.8 Å². The molecule has 1 rings (SSSR count). The van der Waals surface area contributed by atoms with Gasteiger partial charge in [-0.05, 0) is 0 Å². The predicted octanol–water partition coefficient (Wildman–Crippen LogP) is 2.49. The third kappa shape index (κ3) is 5.19. The first-order chi connectivity index (χ1) is 4.39. The molecule has 0 radical (unpaired) electrons. The summed E-state index contributed by atoms with van der Waals surface area (Å²) in [6, 6.07) is 3.73. The Morgan fingerprint density at radius 2 is 2.22 bits per heavy atom. The van der Waals surface area contributed by atoms with Crippen LogP contribution < -0.4 is 0 Å². The summed E-state index contributed by atoms with van der Waals surface area (Å²) in [5.74, 6) is 0. The fraction of sp³-hybridized carbons (Fsp3) is 0. The molecule has 0 saturated heterocycles. The zero-order valence-corrected chi connectivity index (χ0v) is 10.8. The van der Waals surface area contributed by atoms with Crippen LogP contribution in [0.5, 0.6) is 0 Å². The molecule has 0 N–H and O–H groups in total. The molecule has 44 valence electrons. The number of hydrogen-bond donors (Lipinski definition) is 0. The van der Waals surface area contributed by atoms with E-state index in [2.05, 4.69) is 40.7 Å². The third-order valence-corrected chi connectivity index (χ3v) is 1.02. The van der Waals surface area contributed by atoms with E-state index >= 15 is 0 Å². The van der Waals surface area contributed by atoms with Gasteiger partial charge >= 0.3 is 30.0 Å². The summed E-state index contributed by atoms with van der Waals surface area (Å²) in [5, 5.41) is 0. The number of rotatable bonds is 0. The van der Waals surface area contributed by atoms with Crippen LogP contribution in [0.1, 0.15) is 0 Å². The molecule has 0 amide bonds. The average molecular weight is 302 g/mol. The second-order valence-corrected chi connectivity index (χ2v) is 1.95. The molecule has 1 heterocycles. The van der Waals surface area contributed by atoms with Gasteiger partial charge in [-0.15, -0.1) is 0 Å². The molecule has 4 heteroatoms. The molecule has 0 fully saturated rings. The molecule has 1 nitrogen and oxygen atoms in total. The van der Waals surface area contributed by atoms with Gasteiger partial charge in [0, 0.05) is 0 Å². The number of pyridine rings is 1. The molecular weight excluding hydrogens is 299 g/mol. The molecule has 0 unspecified atom stereocenters. The molecule has 1 aromatic rings. The zero-order chi connectivity index (χ0) is 7.11. The Bertz CT molecular complexity index is 145. The van der Waals surface area contributed by atoms with E-state index in [1.807, 2.05) is 12.1 Å². The van der Waals surface area contributed by atoms with Gasteiger partial charge in [0.1, 0.15) is 0 Å². The van der Waals surface area contributed by atoms with E-state index in [0.29, 0.717) is 0 Å². The average Bonchev–Trinajstić information content (AvgIpc) is 1.94. The van der Waals surface area contributed by atoms with Gasteiger partial charge in [0.25, 0.3) is 0 Å². The summed E-state index contributed by atoms with van der Waals surface area (Å²) >= 11 is 7.44. The Balaban J connectivity index is 0.000000291. The molecule has 0 spiro atoms. The Kier molecular flexibility index (Phi) is 7.41. The van der Waals surface area contributed by atoms with Gasteiger partial charge in [0.05, 0.1) is 0 Å². The van der Waals surface area contributed by atoms with E-state index in [9.17, 15) is 0 Å². The van der Waals surface area contributed by atoms with Gasteiger partial charge in [-0.1, -0.05) is 32.8 Å². The van der Waals surface area contributed by atoms with Crippen LogP contribution >= 0.6 is 29.6 Å². The number of halogens is 2. The predicted molar refractivity (Wildman–Crippen MR) is 39.7 cm³/mol. The van der Waals surface area contributed by atoms with Crippen molar-refractivity contribution in [3.8, 4) is 0 Å². The van der Waals surface area contributed by atoms with Crippen molar-refractivity contribution in [2.24, 2.45) is 0 Å². The fourth-order valence-electron chi connectivity index (χ4n) is 0.307. The van der Waals surface area contributed by atoms with Gasteiger partial charge in [-0.3, -0.25) is 0 Å². The number of hydrogen-bond acceptors (Lipinski definition) is 1. The standard InChI is InChI=1S/C5H3BrN.BrH.Zn/c6-5-2-1-3-7-4-5;;/h1-3H;1H;/q-1;;+2/p-1. The van der Waals surface area contributed by atoms with Crippen molar-refractivity contribution in [1.82, 2.24) is 4.98 Å². The van der Waals surface area contributed by atoms with Crippen molar-refractivity contribution in [2.45, 2.75) is 0 Å². The van der Waals surface area contributed by atoms with E-state index in [4.69, 9.17) is 0 Å². The maximum absolute atomic E-state index is 3.71. The quantitative estimate of drug-likeness (QED) is 0.530. The molecule has 9 heavy (non-hydrogen) atoms. The normalized spacial score (nSPS) is 7.56. The summed E-state index contributed by atoms with van der Waals surface area (Å²) in [4.78, 5) is 3.71. The Hall–Kier alpha value is 0.733. The van der Waals surface area contributed by atoms with Crippen LogP contribution in [0.25, 0.3) is 0 Å². The summed E-state index contributed by atoms with van der Waals surface area (Å²) < 4.78 is 0.898. The van der Waals surface area contributed by atoms with Crippen LogP contribution in [0.4, 0.5) is 0 Å². The molecule has 1 aromatic heterocycles.